The molecule has 1 aliphatic heterocycles. The number of pyridine rings is 1. The highest BCUT2D eigenvalue weighted by Gasteiger charge is 2.32. The van der Waals surface area contributed by atoms with Gasteiger partial charge in [-0.05, 0) is 35.9 Å². The molecule has 132 valence electrons. The largest absolute Gasteiger partial charge is 0.480 e. The third-order valence-electron chi connectivity index (χ3n) is 4.80. The Balaban J connectivity index is 1.73. The number of fused-ring (bicyclic) bond motifs is 1. The first-order valence-corrected chi connectivity index (χ1v) is 8.78. The summed E-state index contributed by atoms with van der Waals surface area (Å²) in [6, 6.07) is 17.3. The monoisotopic (exact) mass is 348 g/mol. The molecule has 26 heavy (non-hydrogen) atoms. The molecule has 0 spiro atoms. The number of carboxylic acids is 1. The van der Waals surface area contributed by atoms with E-state index in [0.717, 1.165) is 35.0 Å². The molecular weight excluding hydrogens is 328 g/mol. The fraction of sp³-hybridized carbons (Fsp3) is 0.238. The Labute approximate surface area is 151 Å². The average Bonchev–Trinajstić information content (AvgIpc) is 3.16. The molecule has 5 heteroatoms. The van der Waals surface area contributed by atoms with E-state index in [2.05, 4.69) is 4.98 Å². The van der Waals surface area contributed by atoms with Crippen molar-refractivity contribution >= 4 is 22.4 Å². The van der Waals surface area contributed by atoms with E-state index in [1.54, 1.807) is 6.20 Å². The highest BCUT2D eigenvalue weighted by Crippen LogP contribution is 2.37. The van der Waals surface area contributed by atoms with E-state index in [9.17, 15) is 9.90 Å². The summed E-state index contributed by atoms with van der Waals surface area (Å²) in [5, 5.41) is 11.4. The molecule has 4 rings (SSSR count). The van der Waals surface area contributed by atoms with Gasteiger partial charge in [-0.3, -0.25) is 0 Å². The second-order valence-corrected chi connectivity index (χ2v) is 6.46. The number of benzene rings is 2. The Kier molecular flexibility index (Phi) is 4.44. The number of hydrogen-bond acceptors (Lipinski definition) is 4. The van der Waals surface area contributed by atoms with Crippen LogP contribution in [0.1, 0.15) is 18.4 Å². The summed E-state index contributed by atoms with van der Waals surface area (Å²) in [4.78, 5) is 18.0. The number of carbonyl (C=O) groups is 1. The van der Waals surface area contributed by atoms with Gasteiger partial charge in [-0.25, -0.2) is 9.78 Å². The van der Waals surface area contributed by atoms with Gasteiger partial charge in [-0.1, -0.05) is 42.5 Å². The molecule has 1 unspecified atom stereocenters. The van der Waals surface area contributed by atoms with E-state index in [4.69, 9.17) is 4.74 Å². The van der Waals surface area contributed by atoms with Gasteiger partial charge in [-0.15, -0.1) is 0 Å². The fourth-order valence-corrected chi connectivity index (χ4v) is 3.57. The Morgan fingerprint density at radius 2 is 2.00 bits per heavy atom. The zero-order valence-corrected chi connectivity index (χ0v) is 14.3. The van der Waals surface area contributed by atoms with Crippen LogP contribution in [0.15, 0.2) is 60.8 Å². The van der Waals surface area contributed by atoms with E-state index < -0.39 is 12.0 Å². The number of rotatable bonds is 5. The van der Waals surface area contributed by atoms with Gasteiger partial charge < -0.3 is 14.7 Å². The number of carboxylic acid groups (broad SMARTS) is 1. The Morgan fingerprint density at radius 3 is 2.81 bits per heavy atom. The summed E-state index contributed by atoms with van der Waals surface area (Å²) in [6.45, 7) is 1.15. The number of nitrogens with zero attached hydrogens (tertiary/aromatic N) is 2. The summed E-state index contributed by atoms with van der Waals surface area (Å²) in [6.07, 6.45) is 3.26. The molecule has 2 aromatic carbocycles. The number of anilines is 1. The highest BCUT2D eigenvalue weighted by atomic mass is 16.5. The number of ether oxygens (including phenoxy) is 1. The number of hydrogen-bond donors (Lipinski definition) is 1. The maximum Gasteiger partial charge on any atom is 0.326 e. The fourth-order valence-electron chi connectivity index (χ4n) is 3.57. The quantitative estimate of drug-likeness (QED) is 0.758. The molecule has 1 saturated heterocycles. The first-order chi connectivity index (χ1) is 12.7. The minimum atomic E-state index is -0.782. The molecule has 1 fully saturated rings. The summed E-state index contributed by atoms with van der Waals surface area (Å²) in [7, 11) is 0. The predicted molar refractivity (Wildman–Crippen MR) is 101 cm³/mol. The molecule has 0 amide bonds. The van der Waals surface area contributed by atoms with Crippen LogP contribution in [0, 0.1) is 0 Å². The van der Waals surface area contributed by atoms with Crippen LogP contribution in [-0.4, -0.2) is 28.6 Å². The van der Waals surface area contributed by atoms with Crippen molar-refractivity contribution in [1.29, 1.82) is 0 Å². The van der Waals surface area contributed by atoms with Crippen molar-refractivity contribution in [3.63, 3.8) is 0 Å². The molecule has 1 N–H and O–H groups in total. The van der Waals surface area contributed by atoms with Crippen LogP contribution in [0.3, 0.4) is 0 Å². The summed E-state index contributed by atoms with van der Waals surface area (Å²) >= 11 is 0. The first-order valence-electron chi connectivity index (χ1n) is 8.78. The third-order valence-corrected chi connectivity index (χ3v) is 4.80. The van der Waals surface area contributed by atoms with Crippen LogP contribution in [0.4, 0.5) is 5.69 Å². The predicted octanol–water partition coefficient (Wildman–Crippen LogP) is 3.87. The summed E-state index contributed by atoms with van der Waals surface area (Å²) in [5.41, 5.74) is 1.94. The van der Waals surface area contributed by atoms with Gasteiger partial charge in [0.25, 0.3) is 0 Å². The molecule has 5 nitrogen and oxygen atoms in total. The molecule has 3 aromatic rings. The van der Waals surface area contributed by atoms with Crippen molar-refractivity contribution < 1.29 is 14.6 Å². The minimum absolute atomic E-state index is 0.420. The molecule has 0 saturated carbocycles. The summed E-state index contributed by atoms with van der Waals surface area (Å²) < 4.78 is 6.02. The molecule has 1 aliphatic rings. The standard InChI is InChI=1S/C21H20N2O3/c24-21(25)18-10-5-13-23(18)17-9-4-8-16-11-12-22-20(19(16)17)26-14-15-6-2-1-3-7-15/h1-4,6-9,11-12,18H,5,10,13-14H2,(H,24,25). The number of aromatic nitrogens is 1. The second kappa shape index (κ2) is 7.04. The van der Waals surface area contributed by atoms with Gasteiger partial charge in [0.1, 0.15) is 12.6 Å². The van der Waals surface area contributed by atoms with Crippen LogP contribution in [0.2, 0.25) is 0 Å². The Bertz CT molecular complexity index is 922. The summed E-state index contributed by atoms with van der Waals surface area (Å²) in [5.74, 6) is -0.242. The van der Waals surface area contributed by atoms with E-state index in [1.165, 1.54) is 0 Å². The molecule has 1 atom stereocenters. The third kappa shape index (κ3) is 3.08. The SMILES string of the molecule is O=C(O)C1CCCN1c1cccc2ccnc(OCc3ccccc3)c12. The van der Waals surface area contributed by atoms with E-state index in [-0.39, 0.29) is 0 Å². The first kappa shape index (κ1) is 16.4. The molecule has 0 radical (unpaired) electrons. The van der Waals surface area contributed by atoms with Crippen LogP contribution in [0.5, 0.6) is 5.88 Å². The van der Waals surface area contributed by atoms with Crippen molar-refractivity contribution in [2.45, 2.75) is 25.5 Å². The smallest absolute Gasteiger partial charge is 0.326 e. The van der Waals surface area contributed by atoms with Crippen LogP contribution >= 0.6 is 0 Å². The van der Waals surface area contributed by atoms with Gasteiger partial charge >= 0.3 is 5.97 Å². The zero-order valence-electron chi connectivity index (χ0n) is 14.3. The van der Waals surface area contributed by atoms with Crippen molar-refractivity contribution in [1.82, 2.24) is 4.98 Å². The van der Waals surface area contributed by atoms with Crippen LogP contribution in [0.25, 0.3) is 10.8 Å². The average molecular weight is 348 g/mol. The van der Waals surface area contributed by atoms with Crippen molar-refractivity contribution in [2.24, 2.45) is 0 Å². The molecule has 1 aromatic heterocycles. The molecule has 0 aliphatic carbocycles. The topological polar surface area (TPSA) is 62.7 Å². The lowest BCUT2D eigenvalue weighted by atomic mass is 10.1. The zero-order chi connectivity index (χ0) is 17.9. The van der Waals surface area contributed by atoms with Gasteiger partial charge in [0, 0.05) is 12.7 Å². The van der Waals surface area contributed by atoms with Gasteiger partial charge in [0.15, 0.2) is 0 Å². The maximum atomic E-state index is 11.6. The number of aliphatic carboxylic acids is 1. The lowest BCUT2D eigenvalue weighted by Crippen LogP contribution is -2.36. The normalized spacial score (nSPS) is 16.8. The van der Waals surface area contributed by atoms with Crippen molar-refractivity contribution in [3.8, 4) is 5.88 Å². The van der Waals surface area contributed by atoms with Crippen LogP contribution < -0.4 is 9.64 Å². The lowest BCUT2D eigenvalue weighted by molar-refractivity contribution is -0.138. The molecule has 0 bridgehead atoms. The maximum absolute atomic E-state index is 11.6. The van der Waals surface area contributed by atoms with E-state index >= 15 is 0 Å². The van der Waals surface area contributed by atoms with Crippen molar-refractivity contribution in [2.75, 3.05) is 11.4 Å². The van der Waals surface area contributed by atoms with E-state index in [0.29, 0.717) is 18.9 Å². The van der Waals surface area contributed by atoms with Gasteiger partial charge in [-0.2, -0.15) is 0 Å². The van der Waals surface area contributed by atoms with Gasteiger partial charge in [0.2, 0.25) is 5.88 Å². The molecular formula is C21H20N2O3. The Morgan fingerprint density at radius 1 is 1.15 bits per heavy atom. The minimum Gasteiger partial charge on any atom is -0.480 e. The highest BCUT2D eigenvalue weighted by molar-refractivity contribution is 5.99. The lowest BCUT2D eigenvalue weighted by Gasteiger charge is -2.25. The molecule has 2 heterocycles. The Hall–Kier alpha value is -3.08. The van der Waals surface area contributed by atoms with Crippen LogP contribution in [-0.2, 0) is 11.4 Å². The van der Waals surface area contributed by atoms with E-state index in [1.807, 2.05) is 59.5 Å². The van der Waals surface area contributed by atoms with Crippen molar-refractivity contribution in [3.05, 3.63) is 66.4 Å². The van der Waals surface area contributed by atoms with Gasteiger partial charge in [0.05, 0.1) is 11.1 Å². The second-order valence-electron chi connectivity index (χ2n) is 6.46.